The topological polar surface area (TPSA) is 86.5 Å². The Bertz CT molecular complexity index is 789. The molecule has 2 aromatic heterocycles. The molecule has 0 bridgehead atoms. The number of aromatic nitrogens is 2. The first kappa shape index (κ1) is 12.8. The zero-order chi connectivity index (χ0) is 14.3. The lowest BCUT2D eigenvalue weighted by atomic mass is 10.1. The van der Waals surface area contributed by atoms with E-state index in [9.17, 15) is 10.1 Å². The Hall–Kier alpha value is -2.25. The number of thiazole rings is 1. The van der Waals surface area contributed by atoms with Crippen molar-refractivity contribution < 1.29 is 4.92 Å². The number of hydrogen-bond donors (Lipinski definition) is 1. The fraction of sp³-hybridized carbons (Fsp3) is 0.154. The summed E-state index contributed by atoms with van der Waals surface area (Å²) in [4.78, 5) is 15.7. The van der Waals surface area contributed by atoms with Gasteiger partial charge in [-0.15, -0.1) is 11.3 Å². The molecule has 0 atom stereocenters. The van der Waals surface area contributed by atoms with Crippen molar-refractivity contribution in [2.24, 2.45) is 5.73 Å². The molecule has 0 unspecified atom stereocenters. The van der Waals surface area contributed by atoms with Gasteiger partial charge in [0.15, 0.2) is 4.96 Å². The molecule has 1 aromatic carbocycles. The Morgan fingerprint density at radius 1 is 1.40 bits per heavy atom. The maximum absolute atomic E-state index is 10.7. The fourth-order valence-electron chi connectivity index (χ4n) is 2.23. The number of aryl methyl sites for hydroxylation is 1. The Morgan fingerprint density at radius 2 is 2.10 bits per heavy atom. The van der Waals surface area contributed by atoms with E-state index >= 15 is 0 Å². The van der Waals surface area contributed by atoms with Gasteiger partial charge in [-0.1, -0.05) is 0 Å². The molecule has 7 heteroatoms. The quantitative estimate of drug-likeness (QED) is 0.593. The van der Waals surface area contributed by atoms with Crippen LogP contribution in [0, 0.1) is 17.0 Å². The van der Waals surface area contributed by atoms with E-state index in [4.69, 9.17) is 5.73 Å². The van der Waals surface area contributed by atoms with Gasteiger partial charge in [0.05, 0.1) is 16.3 Å². The van der Waals surface area contributed by atoms with E-state index in [1.165, 1.54) is 12.1 Å². The van der Waals surface area contributed by atoms with Gasteiger partial charge in [0.1, 0.15) is 0 Å². The molecule has 0 aliphatic rings. The van der Waals surface area contributed by atoms with Gasteiger partial charge >= 0.3 is 0 Å². The molecule has 3 aromatic rings. The van der Waals surface area contributed by atoms with Gasteiger partial charge in [0, 0.05) is 35.3 Å². The molecule has 102 valence electrons. The second-order valence-corrected chi connectivity index (χ2v) is 5.25. The van der Waals surface area contributed by atoms with Crippen LogP contribution in [0.3, 0.4) is 0 Å². The van der Waals surface area contributed by atoms with Crippen LogP contribution >= 0.6 is 11.3 Å². The van der Waals surface area contributed by atoms with E-state index in [1.54, 1.807) is 23.5 Å². The van der Waals surface area contributed by atoms with E-state index in [-0.39, 0.29) is 5.69 Å². The number of nitrogens with two attached hydrogens (primary N) is 1. The number of non-ortho nitro benzene ring substituents is 1. The third-order valence-electron chi connectivity index (χ3n) is 3.17. The summed E-state index contributed by atoms with van der Waals surface area (Å²) in [5.74, 6) is 0. The molecule has 3 rings (SSSR count). The summed E-state index contributed by atoms with van der Waals surface area (Å²) in [7, 11) is 0. The second-order valence-electron chi connectivity index (χ2n) is 4.41. The van der Waals surface area contributed by atoms with E-state index in [0.717, 1.165) is 27.6 Å². The van der Waals surface area contributed by atoms with Crippen LogP contribution < -0.4 is 5.73 Å². The Labute approximate surface area is 118 Å². The van der Waals surface area contributed by atoms with Gasteiger partial charge in [-0.3, -0.25) is 14.5 Å². The number of imidazole rings is 1. The van der Waals surface area contributed by atoms with Crippen molar-refractivity contribution in [3.8, 4) is 11.3 Å². The van der Waals surface area contributed by atoms with Crippen molar-refractivity contribution in [3.05, 3.63) is 51.1 Å². The largest absolute Gasteiger partial charge is 0.325 e. The molecule has 0 spiro atoms. The molecule has 20 heavy (non-hydrogen) atoms. The average molecular weight is 288 g/mol. The molecular formula is C13H12N4O2S. The summed E-state index contributed by atoms with van der Waals surface area (Å²) in [5.41, 5.74) is 9.55. The minimum atomic E-state index is -0.413. The van der Waals surface area contributed by atoms with Gasteiger partial charge < -0.3 is 5.73 Å². The van der Waals surface area contributed by atoms with E-state index in [1.807, 2.05) is 16.7 Å². The average Bonchev–Trinajstić information content (AvgIpc) is 2.99. The SMILES string of the molecule is Cc1csc2nc(-c3ccc([N+](=O)[O-])cc3)c(CN)n12. The van der Waals surface area contributed by atoms with E-state index in [0.29, 0.717) is 6.54 Å². The van der Waals surface area contributed by atoms with Crippen LogP contribution in [0.4, 0.5) is 5.69 Å². The highest BCUT2D eigenvalue weighted by Crippen LogP contribution is 2.29. The third kappa shape index (κ3) is 1.87. The standard InChI is InChI=1S/C13H12N4O2S/c1-8-7-20-13-15-12(11(6-14)16(8)13)9-2-4-10(5-3-9)17(18)19/h2-5,7H,6,14H2,1H3. The summed E-state index contributed by atoms with van der Waals surface area (Å²) < 4.78 is 2.03. The maximum atomic E-state index is 10.7. The van der Waals surface area contributed by atoms with Crippen molar-refractivity contribution in [3.63, 3.8) is 0 Å². The van der Waals surface area contributed by atoms with Crippen molar-refractivity contribution in [2.45, 2.75) is 13.5 Å². The molecule has 0 saturated heterocycles. The Kier molecular flexibility index (Phi) is 3.00. The molecule has 2 N–H and O–H groups in total. The molecule has 0 saturated carbocycles. The predicted molar refractivity (Wildman–Crippen MR) is 77.8 cm³/mol. The van der Waals surface area contributed by atoms with E-state index < -0.39 is 4.92 Å². The second kappa shape index (κ2) is 4.69. The molecule has 0 radical (unpaired) electrons. The lowest BCUT2D eigenvalue weighted by molar-refractivity contribution is -0.384. The number of nitro benzene ring substituents is 1. The van der Waals surface area contributed by atoms with Crippen LogP contribution in [0.25, 0.3) is 16.2 Å². The van der Waals surface area contributed by atoms with Crippen LogP contribution in [0.5, 0.6) is 0 Å². The zero-order valence-corrected chi connectivity index (χ0v) is 11.6. The van der Waals surface area contributed by atoms with Crippen molar-refractivity contribution in [1.82, 2.24) is 9.38 Å². The molecule has 0 aliphatic carbocycles. The van der Waals surface area contributed by atoms with E-state index in [2.05, 4.69) is 4.98 Å². The summed E-state index contributed by atoms with van der Waals surface area (Å²) in [6.07, 6.45) is 0. The smallest absolute Gasteiger partial charge is 0.269 e. The first-order valence-electron chi connectivity index (χ1n) is 6.02. The van der Waals surface area contributed by atoms with Crippen molar-refractivity contribution in [2.75, 3.05) is 0 Å². The molecule has 6 nitrogen and oxygen atoms in total. The number of benzene rings is 1. The van der Waals surface area contributed by atoms with Crippen LogP contribution in [-0.4, -0.2) is 14.3 Å². The van der Waals surface area contributed by atoms with Gasteiger partial charge in [-0.25, -0.2) is 4.98 Å². The normalized spacial score (nSPS) is 11.1. The fourth-order valence-corrected chi connectivity index (χ4v) is 3.11. The van der Waals surface area contributed by atoms with Gasteiger partial charge in [0.2, 0.25) is 0 Å². The first-order chi connectivity index (χ1) is 9.61. The number of nitro groups is 1. The van der Waals surface area contributed by atoms with Gasteiger partial charge in [-0.05, 0) is 19.1 Å². The minimum Gasteiger partial charge on any atom is -0.325 e. The maximum Gasteiger partial charge on any atom is 0.269 e. The molecule has 2 heterocycles. The van der Waals surface area contributed by atoms with Crippen LogP contribution in [-0.2, 0) is 6.54 Å². The van der Waals surface area contributed by atoms with Crippen molar-refractivity contribution in [1.29, 1.82) is 0 Å². The number of fused-ring (bicyclic) bond motifs is 1. The summed E-state index contributed by atoms with van der Waals surface area (Å²) in [6.45, 7) is 2.37. The highest BCUT2D eigenvalue weighted by molar-refractivity contribution is 7.15. The number of rotatable bonds is 3. The first-order valence-corrected chi connectivity index (χ1v) is 6.90. The monoisotopic (exact) mass is 288 g/mol. The highest BCUT2D eigenvalue weighted by atomic mass is 32.1. The Morgan fingerprint density at radius 3 is 2.70 bits per heavy atom. The third-order valence-corrected chi connectivity index (χ3v) is 4.12. The number of nitrogens with zero attached hydrogens (tertiary/aromatic N) is 3. The lowest BCUT2D eigenvalue weighted by Gasteiger charge is -2.02. The molecule has 0 aliphatic heterocycles. The van der Waals surface area contributed by atoms with Crippen LogP contribution in [0.2, 0.25) is 0 Å². The summed E-state index contributed by atoms with van der Waals surface area (Å²) >= 11 is 1.56. The lowest BCUT2D eigenvalue weighted by Crippen LogP contribution is -2.03. The molecule has 0 amide bonds. The predicted octanol–water partition coefficient (Wildman–Crippen LogP) is 2.74. The zero-order valence-electron chi connectivity index (χ0n) is 10.7. The van der Waals surface area contributed by atoms with Crippen molar-refractivity contribution >= 4 is 22.0 Å². The Balaban J connectivity index is 2.16. The summed E-state index contributed by atoms with van der Waals surface area (Å²) in [6, 6.07) is 6.38. The minimum absolute atomic E-state index is 0.0697. The van der Waals surface area contributed by atoms with Gasteiger partial charge in [-0.2, -0.15) is 0 Å². The highest BCUT2D eigenvalue weighted by Gasteiger charge is 2.16. The number of hydrogen-bond acceptors (Lipinski definition) is 5. The van der Waals surface area contributed by atoms with Gasteiger partial charge in [0.25, 0.3) is 5.69 Å². The molecular weight excluding hydrogens is 276 g/mol. The molecule has 0 fully saturated rings. The summed E-state index contributed by atoms with van der Waals surface area (Å²) in [5, 5.41) is 12.7. The van der Waals surface area contributed by atoms with Crippen LogP contribution in [0.15, 0.2) is 29.6 Å². The van der Waals surface area contributed by atoms with Crippen LogP contribution in [0.1, 0.15) is 11.4 Å².